The van der Waals surface area contributed by atoms with E-state index in [1.807, 2.05) is 9.13 Å². The van der Waals surface area contributed by atoms with Gasteiger partial charge < -0.3 is 0 Å². The van der Waals surface area contributed by atoms with Crippen LogP contribution in [0.4, 0.5) is 0 Å². The van der Waals surface area contributed by atoms with Crippen molar-refractivity contribution in [3.8, 4) is 0 Å². The molecule has 4 aromatic rings. The molecular formula is C34H36N4O2. The normalized spacial score (nSPS) is 28.7. The minimum atomic E-state index is 0.312. The van der Waals surface area contributed by atoms with Crippen molar-refractivity contribution in [3.63, 3.8) is 0 Å². The zero-order chi connectivity index (χ0) is 26.5. The van der Waals surface area contributed by atoms with Crippen LogP contribution in [0.5, 0.6) is 0 Å². The minimum absolute atomic E-state index is 0.312. The molecule has 0 aliphatic carbocycles. The average molecular weight is 533 g/mol. The van der Waals surface area contributed by atoms with Gasteiger partial charge in [0.05, 0.1) is 23.1 Å². The van der Waals surface area contributed by atoms with E-state index >= 15 is 0 Å². The van der Waals surface area contributed by atoms with Crippen LogP contribution >= 0.6 is 0 Å². The summed E-state index contributed by atoms with van der Waals surface area (Å²) in [5.41, 5.74) is 7.82. The molecule has 0 radical (unpaired) electrons. The third-order valence-electron chi connectivity index (χ3n) is 11.0. The molecule has 4 atom stereocenters. The topological polar surface area (TPSA) is 50.5 Å². The predicted molar refractivity (Wildman–Crippen MR) is 156 cm³/mol. The Morgan fingerprint density at radius 1 is 0.575 bits per heavy atom. The molecule has 6 aliphatic rings. The Kier molecular flexibility index (Phi) is 5.07. The molecule has 10 rings (SSSR count). The van der Waals surface area contributed by atoms with Gasteiger partial charge in [0, 0.05) is 48.1 Å². The molecule has 6 nitrogen and oxygen atoms in total. The van der Waals surface area contributed by atoms with Crippen LogP contribution in [-0.2, 0) is 12.8 Å². The lowest BCUT2D eigenvalue weighted by Crippen LogP contribution is -2.47. The summed E-state index contributed by atoms with van der Waals surface area (Å²) in [6.45, 7) is 4.74. The maximum atomic E-state index is 12.6. The zero-order valence-electron chi connectivity index (χ0n) is 23.0. The highest BCUT2D eigenvalue weighted by Gasteiger charge is 2.46. The highest BCUT2D eigenvalue weighted by molar-refractivity contribution is 5.98. The van der Waals surface area contributed by atoms with E-state index in [1.54, 1.807) is 0 Å². The Balaban J connectivity index is 0.000000115. The first-order chi connectivity index (χ1) is 19.7. The summed E-state index contributed by atoms with van der Waals surface area (Å²) in [4.78, 5) is 30.5. The van der Waals surface area contributed by atoms with Crippen molar-refractivity contribution in [2.24, 2.45) is 11.8 Å². The average Bonchev–Trinajstić information content (AvgIpc) is 3.52. The van der Waals surface area contributed by atoms with E-state index < -0.39 is 0 Å². The minimum Gasteiger partial charge on any atom is -0.294 e. The van der Waals surface area contributed by atoms with Gasteiger partial charge in [0.25, 0.3) is 0 Å². The van der Waals surface area contributed by atoms with Gasteiger partial charge in [0.1, 0.15) is 0 Å². The van der Waals surface area contributed by atoms with Crippen molar-refractivity contribution in [1.82, 2.24) is 18.9 Å². The van der Waals surface area contributed by atoms with Gasteiger partial charge in [-0.2, -0.15) is 0 Å². The van der Waals surface area contributed by atoms with Crippen molar-refractivity contribution in [3.05, 3.63) is 71.0 Å². The standard InChI is InChI=1S/2C17H18N2O/c2*20-15-10-11-4-3-8-18-9-7-13-12-5-1-2-6-14(12)19(15)17(13)16(11)18/h2*1-2,5-6,11,16H,3-4,7-10H2/t2*11-,16+/m10/s1. The molecular weight excluding hydrogens is 496 g/mol. The predicted octanol–water partition coefficient (Wildman–Crippen LogP) is 5.99. The number of rotatable bonds is 0. The lowest BCUT2D eigenvalue weighted by molar-refractivity contribution is 0.0474. The lowest BCUT2D eigenvalue weighted by atomic mass is 9.79. The number of carbonyl (C=O) groups excluding carboxylic acids is 2. The van der Waals surface area contributed by atoms with Gasteiger partial charge in [-0.15, -0.1) is 0 Å². The Bertz CT molecular complexity index is 1590. The van der Waals surface area contributed by atoms with E-state index in [2.05, 4.69) is 58.3 Å². The highest BCUT2D eigenvalue weighted by atomic mass is 16.2. The first-order valence-electron chi connectivity index (χ1n) is 15.5. The summed E-state index contributed by atoms with van der Waals surface area (Å²) >= 11 is 0. The number of piperidine rings is 2. The van der Waals surface area contributed by atoms with Gasteiger partial charge in [-0.3, -0.25) is 28.5 Å². The van der Waals surface area contributed by atoms with E-state index in [1.165, 1.54) is 72.1 Å². The molecule has 0 unspecified atom stereocenters. The van der Waals surface area contributed by atoms with E-state index in [-0.39, 0.29) is 0 Å². The van der Waals surface area contributed by atoms with Gasteiger partial charge in [-0.05, 0) is 86.7 Å². The van der Waals surface area contributed by atoms with Crippen molar-refractivity contribution in [1.29, 1.82) is 0 Å². The van der Waals surface area contributed by atoms with Gasteiger partial charge in [0.15, 0.2) is 0 Å². The molecule has 6 heteroatoms. The summed E-state index contributed by atoms with van der Waals surface area (Å²) in [5.74, 6) is 1.72. The fourth-order valence-electron chi connectivity index (χ4n) is 9.50. The molecule has 204 valence electrons. The third-order valence-corrected chi connectivity index (χ3v) is 11.0. The molecule has 6 aliphatic heterocycles. The van der Waals surface area contributed by atoms with Gasteiger partial charge in [-0.1, -0.05) is 36.4 Å². The second-order valence-corrected chi connectivity index (χ2v) is 12.9. The lowest BCUT2D eigenvalue weighted by Gasteiger charge is -2.46. The SMILES string of the molecule is O=C1C[C@@H]2CCCN3CCc4c(n1c1ccccc41)[C@@H]23.O=C1C[C@H]2CCCN3CCc4c(n1c1ccccc41)[C@H]23. The quantitative estimate of drug-likeness (QED) is 0.279. The highest BCUT2D eigenvalue weighted by Crippen LogP contribution is 2.49. The number of aromatic nitrogens is 2. The molecule has 2 saturated heterocycles. The second-order valence-electron chi connectivity index (χ2n) is 12.9. The molecule has 0 bridgehead atoms. The zero-order valence-corrected chi connectivity index (χ0v) is 23.0. The molecule has 0 amide bonds. The van der Waals surface area contributed by atoms with Crippen molar-refractivity contribution in [2.75, 3.05) is 26.2 Å². The van der Waals surface area contributed by atoms with Crippen LogP contribution < -0.4 is 0 Å². The van der Waals surface area contributed by atoms with Crippen LogP contribution in [0.3, 0.4) is 0 Å². The van der Waals surface area contributed by atoms with Crippen molar-refractivity contribution >= 4 is 33.6 Å². The smallest absolute Gasteiger partial charge is 0.231 e. The molecule has 2 aromatic carbocycles. The maximum absolute atomic E-state index is 12.6. The van der Waals surface area contributed by atoms with Crippen LogP contribution in [0.15, 0.2) is 48.5 Å². The Labute approximate surface area is 234 Å². The Morgan fingerprint density at radius 3 is 1.50 bits per heavy atom. The van der Waals surface area contributed by atoms with Crippen LogP contribution in [0.25, 0.3) is 21.8 Å². The van der Waals surface area contributed by atoms with Gasteiger partial charge in [-0.25, -0.2) is 0 Å². The molecule has 2 fully saturated rings. The van der Waals surface area contributed by atoms with E-state index in [0.717, 1.165) is 49.8 Å². The van der Waals surface area contributed by atoms with Crippen LogP contribution in [0, 0.1) is 11.8 Å². The number of nitrogens with zero attached hydrogens (tertiary/aromatic N) is 4. The molecule has 0 N–H and O–H groups in total. The van der Waals surface area contributed by atoms with Crippen LogP contribution in [0.1, 0.15) is 82.7 Å². The summed E-state index contributed by atoms with van der Waals surface area (Å²) in [6, 6.07) is 17.9. The largest absolute Gasteiger partial charge is 0.294 e. The molecule has 40 heavy (non-hydrogen) atoms. The molecule has 2 aromatic heterocycles. The van der Waals surface area contributed by atoms with Gasteiger partial charge in [0.2, 0.25) is 11.8 Å². The summed E-state index contributed by atoms with van der Waals surface area (Å²) in [5, 5.41) is 2.61. The molecule has 8 heterocycles. The summed E-state index contributed by atoms with van der Waals surface area (Å²) in [6.07, 6.45) is 8.59. The third kappa shape index (κ3) is 3.12. The fraction of sp³-hybridized carbons (Fsp3) is 0.471. The van der Waals surface area contributed by atoms with E-state index in [4.69, 9.17) is 0 Å². The Morgan fingerprint density at radius 2 is 1.02 bits per heavy atom. The van der Waals surface area contributed by atoms with Crippen molar-refractivity contribution in [2.45, 2.75) is 63.5 Å². The number of hydrogen-bond donors (Lipinski definition) is 0. The monoisotopic (exact) mass is 532 g/mol. The Hall–Kier alpha value is -3.22. The van der Waals surface area contributed by atoms with E-state index in [0.29, 0.717) is 35.7 Å². The van der Waals surface area contributed by atoms with E-state index in [9.17, 15) is 9.59 Å². The fourth-order valence-corrected chi connectivity index (χ4v) is 9.50. The van der Waals surface area contributed by atoms with Gasteiger partial charge >= 0.3 is 0 Å². The number of hydrogen-bond acceptors (Lipinski definition) is 4. The van der Waals surface area contributed by atoms with Crippen LogP contribution in [0.2, 0.25) is 0 Å². The number of para-hydroxylation sites is 2. The first kappa shape index (κ1) is 23.5. The van der Waals surface area contributed by atoms with Crippen LogP contribution in [-0.4, -0.2) is 56.9 Å². The summed E-state index contributed by atoms with van der Waals surface area (Å²) < 4.78 is 4.09. The van der Waals surface area contributed by atoms with Crippen molar-refractivity contribution < 1.29 is 9.59 Å². The maximum Gasteiger partial charge on any atom is 0.231 e. The number of benzene rings is 2. The molecule has 0 spiro atoms. The second kappa shape index (κ2) is 8.64. The number of fused-ring (bicyclic) bond motifs is 6. The number of carbonyl (C=O) groups is 2. The molecule has 0 saturated carbocycles. The first-order valence-corrected chi connectivity index (χ1v) is 15.5. The summed E-state index contributed by atoms with van der Waals surface area (Å²) in [7, 11) is 0.